The Balaban J connectivity index is 2.03. The number of hydrogen-bond acceptors (Lipinski definition) is 2. The standard InChI is InChI=1S/C15H13NO2/c17-15(18)14-8-11(9-16-14)13-7-3-5-10-4-1-2-6-12(10)13/h1-7,9,14,16H,8H2,(H,17,18). The molecule has 0 aliphatic carbocycles. The number of aliphatic carboxylic acids is 1. The van der Waals surface area contributed by atoms with Crippen molar-refractivity contribution in [3.63, 3.8) is 0 Å². The molecule has 3 heteroatoms. The van der Waals surface area contributed by atoms with Gasteiger partial charge >= 0.3 is 5.97 Å². The summed E-state index contributed by atoms with van der Waals surface area (Å²) >= 11 is 0. The van der Waals surface area contributed by atoms with Crippen molar-refractivity contribution in [2.45, 2.75) is 12.5 Å². The predicted octanol–water partition coefficient (Wildman–Crippen LogP) is 2.63. The molecule has 0 radical (unpaired) electrons. The summed E-state index contributed by atoms with van der Waals surface area (Å²) in [4.78, 5) is 10.9. The van der Waals surface area contributed by atoms with E-state index in [1.54, 1.807) is 0 Å². The predicted molar refractivity (Wildman–Crippen MR) is 71.1 cm³/mol. The Labute approximate surface area is 105 Å². The van der Waals surface area contributed by atoms with Crippen molar-refractivity contribution < 1.29 is 9.90 Å². The lowest BCUT2D eigenvalue weighted by Gasteiger charge is -2.08. The van der Waals surface area contributed by atoms with Gasteiger partial charge in [-0.25, -0.2) is 4.79 Å². The third-order valence-corrected chi connectivity index (χ3v) is 3.32. The fraction of sp³-hybridized carbons (Fsp3) is 0.133. The summed E-state index contributed by atoms with van der Waals surface area (Å²) in [6, 6.07) is 13.8. The second-order valence-corrected chi connectivity index (χ2v) is 4.46. The van der Waals surface area contributed by atoms with Gasteiger partial charge < -0.3 is 10.4 Å². The van der Waals surface area contributed by atoms with Crippen LogP contribution in [0.15, 0.2) is 48.7 Å². The first-order valence-corrected chi connectivity index (χ1v) is 5.92. The van der Waals surface area contributed by atoms with E-state index in [1.807, 2.05) is 30.5 Å². The normalized spacial score (nSPS) is 18.4. The van der Waals surface area contributed by atoms with Gasteiger partial charge in [-0.05, 0) is 21.9 Å². The van der Waals surface area contributed by atoms with Crippen LogP contribution in [-0.4, -0.2) is 17.1 Å². The molecule has 0 amide bonds. The van der Waals surface area contributed by atoms with Gasteiger partial charge in [-0.2, -0.15) is 0 Å². The average Bonchev–Trinajstić information content (AvgIpc) is 2.87. The topological polar surface area (TPSA) is 49.3 Å². The summed E-state index contributed by atoms with van der Waals surface area (Å²) in [5.74, 6) is -0.804. The molecule has 1 aliphatic heterocycles. The molecular formula is C15H13NO2. The van der Waals surface area contributed by atoms with Crippen LogP contribution in [0.3, 0.4) is 0 Å². The lowest BCUT2D eigenvalue weighted by atomic mass is 9.96. The molecule has 0 saturated carbocycles. The number of hydrogen-bond donors (Lipinski definition) is 2. The summed E-state index contributed by atoms with van der Waals surface area (Å²) in [7, 11) is 0. The molecule has 90 valence electrons. The second kappa shape index (κ2) is 4.18. The van der Waals surface area contributed by atoms with E-state index < -0.39 is 12.0 Å². The average molecular weight is 239 g/mol. The van der Waals surface area contributed by atoms with Gasteiger partial charge in [0.25, 0.3) is 0 Å². The minimum Gasteiger partial charge on any atom is -0.480 e. The fourth-order valence-corrected chi connectivity index (χ4v) is 2.39. The van der Waals surface area contributed by atoms with Crippen LogP contribution < -0.4 is 5.32 Å². The van der Waals surface area contributed by atoms with Gasteiger partial charge in [-0.3, -0.25) is 0 Å². The van der Waals surface area contributed by atoms with Crippen molar-refractivity contribution in [2.24, 2.45) is 0 Å². The Kier molecular flexibility index (Phi) is 2.52. The zero-order valence-corrected chi connectivity index (χ0v) is 9.76. The van der Waals surface area contributed by atoms with Crippen molar-refractivity contribution in [3.05, 3.63) is 54.2 Å². The number of carbonyl (C=O) groups is 1. The van der Waals surface area contributed by atoms with Crippen LogP contribution >= 0.6 is 0 Å². The molecule has 3 nitrogen and oxygen atoms in total. The molecule has 0 aromatic heterocycles. The maximum Gasteiger partial charge on any atom is 0.326 e. The van der Waals surface area contributed by atoms with Crippen LogP contribution in [0.4, 0.5) is 0 Å². The molecule has 0 bridgehead atoms. The van der Waals surface area contributed by atoms with E-state index in [0.29, 0.717) is 6.42 Å². The van der Waals surface area contributed by atoms with Crippen LogP contribution in [0.2, 0.25) is 0 Å². The summed E-state index contributed by atoms with van der Waals surface area (Å²) in [5.41, 5.74) is 2.17. The maximum atomic E-state index is 10.9. The number of carboxylic acids is 1. The van der Waals surface area contributed by atoms with Crippen molar-refractivity contribution >= 4 is 22.3 Å². The minimum atomic E-state index is -0.804. The van der Waals surface area contributed by atoms with Crippen LogP contribution in [0.25, 0.3) is 16.3 Å². The Bertz CT molecular complexity index is 640. The zero-order chi connectivity index (χ0) is 12.5. The molecule has 3 rings (SSSR count). The molecule has 2 aromatic carbocycles. The Morgan fingerprint density at radius 3 is 2.72 bits per heavy atom. The van der Waals surface area contributed by atoms with E-state index in [0.717, 1.165) is 11.1 Å². The van der Waals surface area contributed by atoms with E-state index >= 15 is 0 Å². The van der Waals surface area contributed by atoms with Gasteiger partial charge in [0.05, 0.1) is 0 Å². The molecule has 0 spiro atoms. The Hall–Kier alpha value is -2.29. The van der Waals surface area contributed by atoms with Gasteiger partial charge in [-0.15, -0.1) is 0 Å². The third kappa shape index (κ3) is 1.74. The monoisotopic (exact) mass is 239 g/mol. The molecule has 0 fully saturated rings. The molecule has 1 unspecified atom stereocenters. The SMILES string of the molecule is O=C(O)C1CC(c2cccc3ccccc23)=CN1. The first kappa shape index (κ1) is 10.8. The number of carboxylic acid groups (broad SMARTS) is 1. The van der Waals surface area contributed by atoms with Gasteiger partial charge in [0, 0.05) is 12.6 Å². The van der Waals surface area contributed by atoms with E-state index in [2.05, 4.69) is 23.5 Å². The zero-order valence-electron chi connectivity index (χ0n) is 9.76. The van der Waals surface area contributed by atoms with E-state index in [1.165, 1.54) is 10.8 Å². The number of fused-ring (bicyclic) bond motifs is 1. The smallest absolute Gasteiger partial charge is 0.326 e. The fourth-order valence-electron chi connectivity index (χ4n) is 2.39. The maximum absolute atomic E-state index is 10.9. The van der Waals surface area contributed by atoms with Crippen molar-refractivity contribution in [1.82, 2.24) is 5.32 Å². The summed E-state index contributed by atoms with van der Waals surface area (Å²) < 4.78 is 0. The van der Waals surface area contributed by atoms with Gasteiger partial charge in [0.1, 0.15) is 6.04 Å². The van der Waals surface area contributed by atoms with Crippen LogP contribution in [0.5, 0.6) is 0 Å². The second-order valence-electron chi connectivity index (χ2n) is 4.46. The number of nitrogens with one attached hydrogen (secondary N) is 1. The summed E-state index contributed by atoms with van der Waals surface area (Å²) in [5, 5.41) is 14.2. The molecule has 0 saturated heterocycles. The highest BCUT2D eigenvalue weighted by molar-refractivity contribution is 5.95. The van der Waals surface area contributed by atoms with Gasteiger partial charge in [0.2, 0.25) is 0 Å². The molecular weight excluding hydrogens is 226 g/mol. The minimum absolute atomic E-state index is 0.501. The first-order chi connectivity index (χ1) is 8.75. The van der Waals surface area contributed by atoms with Crippen molar-refractivity contribution in [3.8, 4) is 0 Å². The number of rotatable bonds is 2. The lowest BCUT2D eigenvalue weighted by molar-refractivity contribution is -0.138. The largest absolute Gasteiger partial charge is 0.480 e. The molecule has 2 aromatic rings. The lowest BCUT2D eigenvalue weighted by Crippen LogP contribution is -2.28. The highest BCUT2D eigenvalue weighted by Crippen LogP contribution is 2.30. The first-order valence-electron chi connectivity index (χ1n) is 5.92. The van der Waals surface area contributed by atoms with Crippen molar-refractivity contribution in [1.29, 1.82) is 0 Å². The van der Waals surface area contributed by atoms with Crippen molar-refractivity contribution in [2.75, 3.05) is 0 Å². The molecule has 2 N–H and O–H groups in total. The van der Waals surface area contributed by atoms with E-state index in [-0.39, 0.29) is 0 Å². The van der Waals surface area contributed by atoms with Crippen LogP contribution in [-0.2, 0) is 4.79 Å². The number of benzene rings is 2. The van der Waals surface area contributed by atoms with E-state index in [4.69, 9.17) is 5.11 Å². The van der Waals surface area contributed by atoms with E-state index in [9.17, 15) is 4.79 Å². The highest BCUT2D eigenvalue weighted by Gasteiger charge is 2.24. The summed E-state index contributed by atoms with van der Waals surface area (Å²) in [6.07, 6.45) is 2.35. The van der Waals surface area contributed by atoms with Crippen LogP contribution in [0, 0.1) is 0 Å². The summed E-state index contributed by atoms with van der Waals surface area (Å²) in [6.45, 7) is 0. The molecule has 1 heterocycles. The third-order valence-electron chi connectivity index (χ3n) is 3.32. The molecule has 1 aliphatic rings. The quantitative estimate of drug-likeness (QED) is 0.847. The Morgan fingerprint density at radius 2 is 1.94 bits per heavy atom. The van der Waals surface area contributed by atoms with Crippen LogP contribution in [0.1, 0.15) is 12.0 Å². The van der Waals surface area contributed by atoms with Gasteiger partial charge in [-0.1, -0.05) is 42.5 Å². The molecule has 18 heavy (non-hydrogen) atoms. The highest BCUT2D eigenvalue weighted by atomic mass is 16.4. The Morgan fingerprint density at radius 1 is 1.17 bits per heavy atom. The van der Waals surface area contributed by atoms with Gasteiger partial charge in [0.15, 0.2) is 0 Å². The molecule has 1 atom stereocenters.